The Labute approximate surface area is 105 Å². The van der Waals surface area contributed by atoms with Crippen LogP contribution in [0, 0.1) is 23.7 Å². The summed E-state index contributed by atoms with van der Waals surface area (Å²) < 4.78 is 0. The van der Waals surface area contributed by atoms with E-state index in [-0.39, 0.29) is 17.9 Å². The summed E-state index contributed by atoms with van der Waals surface area (Å²) in [4.78, 5) is 15.9. The molecule has 18 heavy (non-hydrogen) atoms. The smallest absolute Gasteiger partial charge is 0.269 e. The average molecular weight is 245 g/mol. The summed E-state index contributed by atoms with van der Waals surface area (Å²) in [6.45, 7) is 2.28. The van der Waals surface area contributed by atoms with E-state index in [0.29, 0.717) is 23.5 Å². The number of aromatic nitrogens is 1. The second kappa shape index (κ2) is 4.75. The molecule has 0 spiro atoms. The third-order valence-corrected chi connectivity index (χ3v) is 3.36. The fourth-order valence-electron chi connectivity index (χ4n) is 1.73. The van der Waals surface area contributed by atoms with Crippen LogP contribution in [0.2, 0.25) is 0 Å². The molecule has 2 rings (SSSR count). The van der Waals surface area contributed by atoms with Crippen molar-refractivity contribution in [2.24, 2.45) is 5.41 Å². The Kier molecular flexibility index (Phi) is 3.30. The van der Waals surface area contributed by atoms with Crippen LogP contribution in [0.5, 0.6) is 0 Å². The van der Waals surface area contributed by atoms with Crippen molar-refractivity contribution >= 4 is 5.91 Å². The van der Waals surface area contributed by atoms with E-state index in [1.165, 1.54) is 0 Å². The molecule has 1 aliphatic carbocycles. The highest BCUT2D eigenvalue weighted by Crippen LogP contribution is 2.44. The lowest BCUT2D eigenvalue weighted by Crippen LogP contribution is -2.32. The first-order chi connectivity index (χ1) is 8.60. The summed E-state index contributed by atoms with van der Waals surface area (Å²) >= 11 is 0. The molecule has 0 saturated heterocycles. The summed E-state index contributed by atoms with van der Waals surface area (Å²) in [6, 6.07) is 5.14. The van der Waals surface area contributed by atoms with Crippen LogP contribution < -0.4 is 5.32 Å². The predicted molar refractivity (Wildman–Crippen MR) is 64.8 cm³/mol. The number of aryl methyl sites for hydroxylation is 1. The standard InChI is InChI=1S/C13H15N3O2/c1-9-10(6-14)2-3-11(16-9)12(18)15-7-13(8-17)4-5-13/h2-3,17H,4-5,7-8H2,1H3,(H,15,18). The molecule has 5 nitrogen and oxygen atoms in total. The van der Waals surface area contributed by atoms with Crippen LogP contribution in [0.3, 0.4) is 0 Å². The van der Waals surface area contributed by atoms with Crippen molar-refractivity contribution in [2.75, 3.05) is 13.2 Å². The van der Waals surface area contributed by atoms with Gasteiger partial charge in [-0.1, -0.05) is 0 Å². The first kappa shape index (κ1) is 12.5. The van der Waals surface area contributed by atoms with Crippen molar-refractivity contribution in [2.45, 2.75) is 19.8 Å². The highest BCUT2D eigenvalue weighted by molar-refractivity contribution is 5.92. The summed E-state index contributed by atoms with van der Waals surface area (Å²) in [6.07, 6.45) is 1.90. The molecule has 1 fully saturated rings. The van der Waals surface area contributed by atoms with Gasteiger partial charge in [0.05, 0.1) is 17.9 Å². The van der Waals surface area contributed by atoms with Crippen LogP contribution in [-0.4, -0.2) is 29.1 Å². The number of pyridine rings is 1. The van der Waals surface area contributed by atoms with E-state index in [0.717, 1.165) is 12.8 Å². The number of rotatable bonds is 4. The molecule has 94 valence electrons. The van der Waals surface area contributed by atoms with E-state index < -0.39 is 0 Å². The number of hydrogen-bond acceptors (Lipinski definition) is 4. The third-order valence-electron chi connectivity index (χ3n) is 3.36. The first-order valence-electron chi connectivity index (χ1n) is 5.87. The molecular formula is C13H15N3O2. The number of hydrogen-bond donors (Lipinski definition) is 2. The van der Waals surface area contributed by atoms with E-state index >= 15 is 0 Å². The summed E-state index contributed by atoms with van der Waals surface area (Å²) in [5, 5.41) is 20.7. The van der Waals surface area contributed by atoms with Crippen molar-refractivity contribution in [3.63, 3.8) is 0 Å². The second-order valence-electron chi connectivity index (χ2n) is 4.78. The molecular weight excluding hydrogens is 230 g/mol. The SMILES string of the molecule is Cc1nc(C(=O)NCC2(CO)CC2)ccc1C#N. The van der Waals surface area contributed by atoms with Crippen molar-refractivity contribution in [1.29, 1.82) is 5.26 Å². The quantitative estimate of drug-likeness (QED) is 0.820. The number of carbonyl (C=O) groups excluding carboxylic acids is 1. The zero-order valence-electron chi connectivity index (χ0n) is 10.2. The highest BCUT2D eigenvalue weighted by atomic mass is 16.3. The van der Waals surface area contributed by atoms with Crippen LogP contribution in [0.4, 0.5) is 0 Å². The Balaban J connectivity index is 2.01. The Morgan fingerprint density at radius 2 is 2.33 bits per heavy atom. The molecule has 0 radical (unpaired) electrons. The van der Waals surface area contributed by atoms with Gasteiger partial charge >= 0.3 is 0 Å². The minimum Gasteiger partial charge on any atom is -0.396 e. The zero-order valence-corrected chi connectivity index (χ0v) is 10.2. The van der Waals surface area contributed by atoms with E-state index in [1.54, 1.807) is 19.1 Å². The van der Waals surface area contributed by atoms with Crippen LogP contribution >= 0.6 is 0 Å². The first-order valence-corrected chi connectivity index (χ1v) is 5.87. The molecule has 1 heterocycles. The second-order valence-corrected chi connectivity index (χ2v) is 4.78. The summed E-state index contributed by atoms with van der Waals surface area (Å²) in [7, 11) is 0. The molecule has 1 saturated carbocycles. The van der Waals surface area contributed by atoms with Gasteiger partial charge in [0.25, 0.3) is 5.91 Å². The van der Waals surface area contributed by atoms with Crippen LogP contribution in [0.25, 0.3) is 0 Å². The van der Waals surface area contributed by atoms with Crippen molar-refractivity contribution < 1.29 is 9.90 Å². The number of nitriles is 1. The fourth-order valence-corrected chi connectivity index (χ4v) is 1.73. The lowest BCUT2D eigenvalue weighted by atomic mass is 10.1. The normalized spacial score (nSPS) is 15.8. The van der Waals surface area contributed by atoms with Gasteiger partial charge in [0.1, 0.15) is 11.8 Å². The highest BCUT2D eigenvalue weighted by Gasteiger charge is 2.42. The number of nitrogens with zero attached hydrogens (tertiary/aromatic N) is 2. The zero-order chi connectivity index (χ0) is 13.2. The van der Waals surface area contributed by atoms with Crippen LogP contribution in [-0.2, 0) is 0 Å². The monoisotopic (exact) mass is 245 g/mol. The molecule has 0 bridgehead atoms. The molecule has 0 aliphatic heterocycles. The largest absolute Gasteiger partial charge is 0.396 e. The molecule has 0 atom stereocenters. The Hall–Kier alpha value is -1.93. The van der Waals surface area contributed by atoms with Gasteiger partial charge in [-0.3, -0.25) is 4.79 Å². The molecule has 2 N–H and O–H groups in total. The maximum Gasteiger partial charge on any atom is 0.269 e. The molecule has 5 heteroatoms. The molecule has 1 aliphatic rings. The minimum absolute atomic E-state index is 0.104. The van der Waals surface area contributed by atoms with Gasteiger partial charge in [-0.2, -0.15) is 5.26 Å². The third kappa shape index (κ3) is 2.49. The molecule has 1 aromatic rings. The lowest BCUT2D eigenvalue weighted by Gasteiger charge is -2.12. The van der Waals surface area contributed by atoms with Crippen LogP contribution in [0.1, 0.15) is 34.6 Å². The minimum atomic E-state index is -0.262. The number of aliphatic hydroxyl groups is 1. The van der Waals surface area contributed by atoms with Gasteiger partial charge in [0, 0.05) is 12.0 Å². The predicted octanol–water partition coefficient (Wildman–Crippen LogP) is 0.764. The van der Waals surface area contributed by atoms with Gasteiger partial charge in [0.2, 0.25) is 0 Å². The molecule has 0 aromatic carbocycles. The Morgan fingerprint density at radius 3 is 2.83 bits per heavy atom. The van der Waals surface area contributed by atoms with Crippen molar-refractivity contribution in [3.05, 3.63) is 29.1 Å². The average Bonchev–Trinajstić information content (AvgIpc) is 3.16. The number of carbonyl (C=O) groups is 1. The summed E-state index contributed by atoms with van der Waals surface area (Å²) in [5.41, 5.74) is 1.21. The van der Waals surface area contributed by atoms with E-state index in [1.807, 2.05) is 6.07 Å². The van der Waals surface area contributed by atoms with E-state index in [4.69, 9.17) is 10.4 Å². The van der Waals surface area contributed by atoms with Gasteiger partial charge in [-0.15, -0.1) is 0 Å². The van der Waals surface area contributed by atoms with Gasteiger partial charge in [0.15, 0.2) is 0 Å². The fraction of sp³-hybridized carbons (Fsp3) is 0.462. The van der Waals surface area contributed by atoms with Gasteiger partial charge in [-0.25, -0.2) is 4.98 Å². The number of nitrogens with one attached hydrogen (secondary N) is 1. The maximum atomic E-state index is 11.8. The molecule has 1 aromatic heterocycles. The van der Waals surface area contributed by atoms with Crippen molar-refractivity contribution in [1.82, 2.24) is 10.3 Å². The topological polar surface area (TPSA) is 86.0 Å². The maximum absolute atomic E-state index is 11.8. The van der Waals surface area contributed by atoms with Crippen molar-refractivity contribution in [3.8, 4) is 6.07 Å². The lowest BCUT2D eigenvalue weighted by molar-refractivity contribution is 0.0930. The number of amides is 1. The van der Waals surface area contributed by atoms with E-state index in [9.17, 15) is 4.79 Å². The van der Waals surface area contributed by atoms with Crippen LogP contribution in [0.15, 0.2) is 12.1 Å². The Bertz CT molecular complexity index is 515. The molecule has 1 amide bonds. The van der Waals surface area contributed by atoms with E-state index in [2.05, 4.69) is 10.3 Å². The Morgan fingerprint density at radius 1 is 1.61 bits per heavy atom. The summed E-state index contributed by atoms with van der Waals surface area (Å²) in [5.74, 6) is -0.262. The number of aliphatic hydroxyl groups excluding tert-OH is 1. The molecule has 0 unspecified atom stereocenters. The van der Waals surface area contributed by atoms with Gasteiger partial charge in [-0.05, 0) is 31.9 Å². The van der Waals surface area contributed by atoms with Gasteiger partial charge < -0.3 is 10.4 Å².